The number of rotatable bonds is 5. The highest BCUT2D eigenvalue weighted by molar-refractivity contribution is 9.10. The molecule has 0 radical (unpaired) electrons. The van der Waals surface area contributed by atoms with Crippen LogP contribution in [0.3, 0.4) is 0 Å². The zero-order chi connectivity index (χ0) is 11.3. The molecule has 0 heterocycles. The van der Waals surface area contributed by atoms with Crippen molar-refractivity contribution in [2.45, 2.75) is 25.8 Å². The van der Waals surface area contributed by atoms with Gasteiger partial charge in [-0.2, -0.15) is 0 Å². The van der Waals surface area contributed by atoms with E-state index in [0.29, 0.717) is 0 Å². The monoisotopic (exact) mass is 270 g/mol. The standard InChI is InChI=1S/C11H15BrN2O/c1-2-5-10(11(13)15)14-9-7-4-3-6-8(9)12/h3-4,6-7,10,14H,2,5H2,1H3,(H2,13,15). The van der Waals surface area contributed by atoms with E-state index >= 15 is 0 Å². The van der Waals surface area contributed by atoms with Gasteiger partial charge in [0.2, 0.25) is 5.91 Å². The molecule has 0 spiro atoms. The van der Waals surface area contributed by atoms with Crippen molar-refractivity contribution in [2.75, 3.05) is 5.32 Å². The number of benzene rings is 1. The summed E-state index contributed by atoms with van der Waals surface area (Å²) in [6, 6.07) is 7.38. The van der Waals surface area contributed by atoms with E-state index in [1.165, 1.54) is 0 Å². The highest BCUT2D eigenvalue weighted by atomic mass is 79.9. The average Bonchev–Trinajstić information content (AvgIpc) is 2.20. The van der Waals surface area contributed by atoms with E-state index in [9.17, 15) is 4.79 Å². The number of hydrogen-bond acceptors (Lipinski definition) is 2. The van der Waals surface area contributed by atoms with E-state index in [4.69, 9.17) is 5.73 Å². The van der Waals surface area contributed by atoms with Gasteiger partial charge in [0.05, 0.1) is 0 Å². The minimum atomic E-state index is -0.312. The van der Waals surface area contributed by atoms with Crippen LogP contribution >= 0.6 is 15.9 Å². The lowest BCUT2D eigenvalue weighted by molar-refractivity contribution is -0.118. The molecular weight excluding hydrogens is 256 g/mol. The fraction of sp³-hybridized carbons (Fsp3) is 0.364. The molecular formula is C11H15BrN2O. The third-order valence-corrected chi connectivity index (χ3v) is 2.82. The van der Waals surface area contributed by atoms with Gasteiger partial charge in [0.25, 0.3) is 0 Å². The number of halogens is 1. The third kappa shape index (κ3) is 3.55. The van der Waals surface area contributed by atoms with Gasteiger partial charge in [0.15, 0.2) is 0 Å². The molecule has 1 amide bonds. The molecule has 15 heavy (non-hydrogen) atoms. The van der Waals surface area contributed by atoms with Crippen LogP contribution in [-0.2, 0) is 4.79 Å². The fourth-order valence-corrected chi connectivity index (χ4v) is 1.74. The van der Waals surface area contributed by atoms with Gasteiger partial charge in [-0.15, -0.1) is 0 Å². The molecule has 0 saturated heterocycles. The minimum Gasteiger partial charge on any atom is -0.373 e. The highest BCUT2D eigenvalue weighted by Gasteiger charge is 2.14. The zero-order valence-corrected chi connectivity index (χ0v) is 10.3. The Morgan fingerprint density at radius 3 is 2.73 bits per heavy atom. The second-order valence-electron chi connectivity index (χ2n) is 3.37. The topological polar surface area (TPSA) is 55.1 Å². The lowest BCUT2D eigenvalue weighted by Gasteiger charge is -2.16. The molecule has 0 aliphatic carbocycles. The van der Waals surface area contributed by atoms with Crippen molar-refractivity contribution in [3.05, 3.63) is 28.7 Å². The normalized spacial score (nSPS) is 12.1. The summed E-state index contributed by atoms with van der Waals surface area (Å²) < 4.78 is 0.937. The Kier molecular flexibility index (Phi) is 4.62. The summed E-state index contributed by atoms with van der Waals surface area (Å²) in [5.74, 6) is -0.312. The van der Waals surface area contributed by atoms with Crippen molar-refractivity contribution >= 4 is 27.5 Å². The Morgan fingerprint density at radius 2 is 2.20 bits per heavy atom. The van der Waals surface area contributed by atoms with Crippen molar-refractivity contribution in [3.8, 4) is 0 Å². The van der Waals surface area contributed by atoms with Gasteiger partial charge in [-0.25, -0.2) is 0 Å². The quantitative estimate of drug-likeness (QED) is 0.864. The van der Waals surface area contributed by atoms with Crippen molar-refractivity contribution in [3.63, 3.8) is 0 Å². The van der Waals surface area contributed by atoms with Crippen molar-refractivity contribution in [1.82, 2.24) is 0 Å². The van der Waals surface area contributed by atoms with Gasteiger partial charge in [-0.05, 0) is 34.5 Å². The molecule has 0 aliphatic rings. The van der Waals surface area contributed by atoms with Gasteiger partial charge in [0, 0.05) is 10.2 Å². The first-order valence-corrected chi connectivity index (χ1v) is 5.74. The maximum Gasteiger partial charge on any atom is 0.239 e. The summed E-state index contributed by atoms with van der Waals surface area (Å²) in [6.45, 7) is 2.03. The molecule has 0 bridgehead atoms. The van der Waals surface area contributed by atoms with E-state index in [2.05, 4.69) is 21.2 Å². The SMILES string of the molecule is CCCC(Nc1ccccc1Br)C(N)=O. The van der Waals surface area contributed by atoms with Crippen LogP contribution in [0.15, 0.2) is 28.7 Å². The van der Waals surface area contributed by atoms with Gasteiger partial charge >= 0.3 is 0 Å². The van der Waals surface area contributed by atoms with Crippen LogP contribution in [0.25, 0.3) is 0 Å². The van der Waals surface area contributed by atoms with Crippen molar-refractivity contribution in [1.29, 1.82) is 0 Å². The number of carbonyl (C=O) groups is 1. The number of nitrogens with two attached hydrogens (primary N) is 1. The van der Waals surface area contributed by atoms with Crippen molar-refractivity contribution < 1.29 is 4.79 Å². The molecule has 1 rings (SSSR count). The molecule has 1 atom stereocenters. The van der Waals surface area contributed by atoms with Crippen LogP contribution < -0.4 is 11.1 Å². The van der Waals surface area contributed by atoms with E-state index in [0.717, 1.165) is 23.0 Å². The molecule has 0 fully saturated rings. The average molecular weight is 271 g/mol. The Balaban J connectivity index is 2.74. The molecule has 3 nitrogen and oxygen atoms in total. The largest absolute Gasteiger partial charge is 0.373 e. The molecule has 3 N–H and O–H groups in total. The number of amides is 1. The Hall–Kier alpha value is -1.03. The third-order valence-electron chi connectivity index (χ3n) is 2.12. The predicted molar refractivity (Wildman–Crippen MR) is 65.7 cm³/mol. The summed E-state index contributed by atoms with van der Waals surface area (Å²) >= 11 is 3.41. The van der Waals surface area contributed by atoms with Crippen LogP contribution in [0.5, 0.6) is 0 Å². The Labute approximate surface area is 98.2 Å². The molecule has 0 saturated carbocycles. The molecule has 4 heteroatoms. The molecule has 1 aromatic rings. The summed E-state index contributed by atoms with van der Waals surface area (Å²) in [5, 5.41) is 3.13. The van der Waals surface area contributed by atoms with Gasteiger partial charge in [-0.1, -0.05) is 25.5 Å². The van der Waals surface area contributed by atoms with Crippen LogP contribution in [0, 0.1) is 0 Å². The van der Waals surface area contributed by atoms with Crippen LogP contribution in [-0.4, -0.2) is 11.9 Å². The summed E-state index contributed by atoms with van der Waals surface area (Å²) in [7, 11) is 0. The smallest absolute Gasteiger partial charge is 0.239 e. The summed E-state index contributed by atoms with van der Waals surface area (Å²) in [5.41, 5.74) is 6.20. The van der Waals surface area contributed by atoms with E-state index in [1.54, 1.807) is 0 Å². The van der Waals surface area contributed by atoms with Crippen LogP contribution in [0.1, 0.15) is 19.8 Å². The molecule has 82 valence electrons. The van der Waals surface area contributed by atoms with Crippen LogP contribution in [0.2, 0.25) is 0 Å². The van der Waals surface area contributed by atoms with Gasteiger partial charge in [0.1, 0.15) is 6.04 Å². The molecule has 1 unspecified atom stereocenters. The molecule has 0 aromatic heterocycles. The number of hydrogen-bond donors (Lipinski definition) is 2. The van der Waals surface area contributed by atoms with E-state index < -0.39 is 0 Å². The number of anilines is 1. The second-order valence-corrected chi connectivity index (χ2v) is 4.22. The summed E-state index contributed by atoms with van der Waals surface area (Å²) in [4.78, 5) is 11.1. The van der Waals surface area contributed by atoms with Crippen LogP contribution in [0.4, 0.5) is 5.69 Å². The van der Waals surface area contributed by atoms with E-state index in [1.807, 2.05) is 31.2 Å². The zero-order valence-electron chi connectivity index (χ0n) is 8.66. The first-order chi connectivity index (χ1) is 7.15. The molecule has 1 aromatic carbocycles. The first kappa shape index (κ1) is 12.0. The first-order valence-electron chi connectivity index (χ1n) is 4.95. The Bertz CT molecular complexity index is 341. The van der Waals surface area contributed by atoms with Gasteiger partial charge in [-0.3, -0.25) is 4.79 Å². The summed E-state index contributed by atoms with van der Waals surface area (Å²) in [6.07, 6.45) is 1.67. The number of nitrogens with one attached hydrogen (secondary N) is 1. The predicted octanol–water partition coefficient (Wildman–Crippen LogP) is 2.51. The second kappa shape index (κ2) is 5.75. The lowest BCUT2D eigenvalue weighted by atomic mass is 10.1. The maximum absolute atomic E-state index is 11.1. The lowest BCUT2D eigenvalue weighted by Crippen LogP contribution is -2.35. The Morgan fingerprint density at radius 1 is 1.53 bits per heavy atom. The number of para-hydroxylation sites is 1. The van der Waals surface area contributed by atoms with E-state index in [-0.39, 0.29) is 11.9 Å². The van der Waals surface area contributed by atoms with Gasteiger partial charge < -0.3 is 11.1 Å². The molecule has 0 aliphatic heterocycles. The number of carbonyl (C=O) groups excluding carboxylic acids is 1. The fourth-order valence-electron chi connectivity index (χ4n) is 1.34. The minimum absolute atomic E-state index is 0.298. The number of primary amides is 1. The highest BCUT2D eigenvalue weighted by Crippen LogP contribution is 2.22. The van der Waals surface area contributed by atoms with Crippen molar-refractivity contribution in [2.24, 2.45) is 5.73 Å². The maximum atomic E-state index is 11.1.